The highest BCUT2D eigenvalue weighted by atomic mass is 32.1. The first kappa shape index (κ1) is 12.7. The van der Waals surface area contributed by atoms with Crippen molar-refractivity contribution in [2.24, 2.45) is 5.10 Å². The van der Waals surface area contributed by atoms with Gasteiger partial charge in [-0.05, 0) is 39.0 Å². The van der Waals surface area contributed by atoms with Crippen molar-refractivity contribution in [2.45, 2.75) is 20.8 Å². The summed E-state index contributed by atoms with van der Waals surface area (Å²) in [6.45, 7) is 6.00. The van der Waals surface area contributed by atoms with Crippen LogP contribution < -0.4 is 0 Å². The van der Waals surface area contributed by atoms with Crippen molar-refractivity contribution in [2.75, 3.05) is 0 Å². The van der Waals surface area contributed by atoms with Gasteiger partial charge in [0.25, 0.3) is 5.95 Å². The molecule has 3 aromatic rings. The first-order valence-electron chi connectivity index (χ1n) is 6.18. The van der Waals surface area contributed by atoms with Crippen molar-refractivity contribution in [3.05, 3.63) is 45.7 Å². The average molecular weight is 286 g/mol. The van der Waals surface area contributed by atoms with E-state index in [1.54, 1.807) is 33.2 Å². The van der Waals surface area contributed by atoms with Gasteiger partial charge in [-0.1, -0.05) is 0 Å². The predicted octanol–water partition coefficient (Wildman–Crippen LogP) is 2.33. The van der Waals surface area contributed by atoms with E-state index in [1.807, 2.05) is 26.0 Å². The molecule has 0 amide bonds. The highest BCUT2D eigenvalue weighted by Gasteiger charge is 2.10. The highest BCUT2D eigenvalue weighted by molar-refractivity contribution is 7.13. The minimum absolute atomic E-state index is 0.583. The highest BCUT2D eigenvalue weighted by Crippen LogP contribution is 2.13. The Labute approximate surface area is 120 Å². The molecule has 7 heteroatoms. The van der Waals surface area contributed by atoms with Gasteiger partial charge in [-0.15, -0.1) is 21.5 Å². The maximum Gasteiger partial charge on any atom is 0.273 e. The lowest BCUT2D eigenvalue weighted by atomic mass is 10.4. The van der Waals surface area contributed by atoms with Crippen LogP contribution in [0, 0.1) is 20.8 Å². The van der Waals surface area contributed by atoms with E-state index in [4.69, 9.17) is 0 Å². The monoisotopic (exact) mass is 286 g/mol. The molecule has 0 fully saturated rings. The molecule has 0 aliphatic heterocycles. The number of aryl methyl sites for hydroxylation is 3. The van der Waals surface area contributed by atoms with Crippen molar-refractivity contribution < 1.29 is 0 Å². The van der Waals surface area contributed by atoms with Crippen LogP contribution in [0.2, 0.25) is 0 Å². The summed E-state index contributed by atoms with van der Waals surface area (Å²) in [4.78, 5) is 2.35. The summed E-state index contributed by atoms with van der Waals surface area (Å²) in [5.74, 6) is 0.583. The number of aromatic nitrogens is 5. The normalized spacial score (nSPS) is 11.6. The van der Waals surface area contributed by atoms with Crippen LogP contribution in [0.1, 0.15) is 21.1 Å². The minimum Gasteiger partial charge on any atom is -0.202 e. The third kappa shape index (κ3) is 2.39. The molecule has 20 heavy (non-hydrogen) atoms. The second-order valence-electron chi connectivity index (χ2n) is 4.51. The lowest BCUT2D eigenvalue weighted by Gasteiger charge is -2.01. The molecule has 0 bridgehead atoms. The fourth-order valence-corrected chi connectivity index (χ4v) is 2.66. The number of thiophene rings is 1. The summed E-state index contributed by atoms with van der Waals surface area (Å²) >= 11 is 1.69. The molecular weight excluding hydrogens is 272 g/mol. The zero-order chi connectivity index (χ0) is 14.1. The van der Waals surface area contributed by atoms with Crippen LogP contribution in [0.5, 0.6) is 0 Å². The summed E-state index contributed by atoms with van der Waals surface area (Å²) in [7, 11) is 0. The first-order chi connectivity index (χ1) is 9.63. The molecule has 0 unspecified atom stereocenters. The van der Waals surface area contributed by atoms with Crippen molar-refractivity contribution in [1.29, 1.82) is 0 Å². The summed E-state index contributed by atoms with van der Waals surface area (Å²) in [6, 6.07) is 6.10. The van der Waals surface area contributed by atoms with Crippen LogP contribution in [0.4, 0.5) is 0 Å². The summed E-state index contributed by atoms with van der Waals surface area (Å²) < 4.78 is 3.35. The maximum atomic E-state index is 4.39. The molecule has 0 saturated carbocycles. The maximum absolute atomic E-state index is 4.39. The molecule has 0 saturated heterocycles. The quantitative estimate of drug-likeness (QED) is 0.694. The van der Waals surface area contributed by atoms with E-state index in [9.17, 15) is 0 Å². The van der Waals surface area contributed by atoms with Gasteiger partial charge in [0.2, 0.25) is 0 Å². The Bertz CT molecular complexity index is 764. The smallest absolute Gasteiger partial charge is 0.202 e. The molecular formula is C13H14N6S. The molecule has 3 aromatic heterocycles. The van der Waals surface area contributed by atoms with Gasteiger partial charge in [0.05, 0.1) is 11.9 Å². The van der Waals surface area contributed by atoms with E-state index in [0.29, 0.717) is 5.95 Å². The predicted molar refractivity (Wildman–Crippen MR) is 78.7 cm³/mol. The van der Waals surface area contributed by atoms with E-state index in [-0.39, 0.29) is 0 Å². The number of hydrogen-bond acceptors (Lipinski definition) is 5. The van der Waals surface area contributed by atoms with Gasteiger partial charge in [0.15, 0.2) is 0 Å². The van der Waals surface area contributed by atoms with Gasteiger partial charge in [-0.2, -0.15) is 14.9 Å². The second kappa shape index (κ2) is 5.01. The standard InChI is InChI=1S/C13H14N6S/c1-9-6-10(2)19(17-9)13-16-14-8-18(13)15-7-12-5-4-11(3)20-12/h4-8H,1-3H3/b15-7-. The molecule has 6 nitrogen and oxygen atoms in total. The molecule has 3 heterocycles. The van der Waals surface area contributed by atoms with Crippen molar-refractivity contribution >= 4 is 17.6 Å². The van der Waals surface area contributed by atoms with Crippen LogP contribution >= 0.6 is 11.3 Å². The van der Waals surface area contributed by atoms with E-state index in [1.165, 1.54) is 4.88 Å². The second-order valence-corrected chi connectivity index (χ2v) is 5.83. The molecule has 3 rings (SSSR count). The van der Waals surface area contributed by atoms with Gasteiger partial charge in [0.1, 0.15) is 6.33 Å². The largest absolute Gasteiger partial charge is 0.273 e. The lowest BCUT2D eigenvalue weighted by molar-refractivity contribution is 0.717. The fourth-order valence-electron chi connectivity index (χ4n) is 1.92. The van der Waals surface area contributed by atoms with E-state index in [2.05, 4.69) is 33.4 Å². The summed E-state index contributed by atoms with van der Waals surface area (Å²) in [5, 5.41) is 16.8. The Morgan fingerprint density at radius 2 is 2.10 bits per heavy atom. The van der Waals surface area contributed by atoms with Crippen LogP contribution in [-0.2, 0) is 0 Å². The Hall–Kier alpha value is -2.28. The number of rotatable bonds is 3. The average Bonchev–Trinajstić information content (AvgIpc) is 3.07. The van der Waals surface area contributed by atoms with Crippen molar-refractivity contribution in [3.8, 4) is 5.95 Å². The molecule has 102 valence electrons. The Kier molecular flexibility index (Phi) is 3.19. The van der Waals surface area contributed by atoms with E-state index < -0.39 is 0 Å². The fraction of sp³-hybridized carbons (Fsp3) is 0.231. The van der Waals surface area contributed by atoms with Crippen molar-refractivity contribution in [1.82, 2.24) is 24.7 Å². The minimum atomic E-state index is 0.583. The Morgan fingerprint density at radius 3 is 2.75 bits per heavy atom. The van der Waals surface area contributed by atoms with Crippen LogP contribution in [0.3, 0.4) is 0 Å². The third-order valence-electron chi connectivity index (χ3n) is 2.78. The molecule has 0 spiro atoms. The zero-order valence-corrected chi connectivity index (χ0v) is 12.3. The molecule has 0 atom stereocenters. The molecule has 0 aromatic carbocycles. The van der Waals surface area contributed by atoms with Gasteiger partial charge < -0.3 is 0 Å². The van der Waals surface area contributed by atoms with Gasteiger partial charge in [-0.25, -0.2) is 4.68 Å². The van der Waals surface area contributed by atoms with Crippen LogP contribution in [0.15, 0.2) is 29.6 Å². The van der Waals surface area contributed by atoms with Gasteiger partial charge in [-0.3, -0.25) is 0 Å². The molecule has 0 N–H and O–H groups in total. The third-order valence-corrected chi connectivity index (χ3v) is 3.72. The van der Waals surface area contributed by atoms with E-state index in [0.717, 1.165) is 16.3 Å². The number of nitrogens with zero attached hydrogens (tertiary/aromatic N) is 6. The molecule has 0 radical (unpaired) electrons. The molecule has 0 aliphatic carbocycles. The van der Waals surface area contributed by atoms with Gasteiger partial charge >= 0.3 is 0 Å². The van der Waals surface area contributed by atoms with Crippen molar-refractivity contribution in [3.63, 3.8) is 0 Å². The van der Waals surface area contributed by atoms with E-state index >= 15 is 0 Å². The lowest BCUT2D eigenvalue weighted by Crippen LogP contribution is -2.06. The van der Waals surface area contributed by atoms with Gasteiger partial charge in [0, 0.05) is 15.4 Å². The van der Waals surface area contributed by atoms with Crippen LogP contribution in [0.25, 0.3) is 5.95 Å². The van der Waals surface area contributed by atoms with Crippen LogP contribution in [-0.4, -0.2) is 30.9 Å². The Balaban J connectivity index is 1.94. The Morgan fingerprint density at radius 1 is 1.25 bits per heavy atom. The first-order valence-corrected chi connectivity index (χ1v) is 6.99. The summed E-state index contributed by atoms with van der Waals surface area (Å²) in [5.41, 5.74) is 1.94. The zero-order valence-electron chi connectivity index (χ0n) is 11.5. The molecule has 0 aliphatic rings. The number of hydrogen-bond donors (Lipinski definition) is 0. The summed E-state index contributed by atoms with van der Waals surface area (Å²) in [6.07, 6.45) is 3.37. The topological polar surface area (TPSA) is 60.9 Å². The SMILES string of the molecule is Cc1cc(C)n(-c2nncn2/N=C\c2ccc(C)s2)n1.